The number of ether oxygens (including phenoxy) is 1. The molecule has 138 valence electrons. The molecule has 1 aliphatic rings. The Balaban J connectivity index is 1.61. The maximum absolute atomic E-state index is 12.2. The number of methoxy groups -OCH3 is 1. The van der Waals surface area contributed by atoms with E-state index in [1.165, 1.54) is 30.0 Å². The van der Waals surface area contributed by atoms with Crippen molar-refractivity contribution < 1.29 is 14.3 Å². The minimum absolute atomic E-state index is 0.0757. The van der Waals surface area contributed by atoms with E-state index < -0.39 is 0 Å². The summed E-state index contributed by atoms with van der Waals surface area (Å²) in [7, 11) is 1.36. The summed E-state index contributed by atoms with van der Waals surface area (Å²) in [6.45, 7) is 0. The fraction of sp³-hybridized carbons (Fsp3) is 0.421. The molecule has 1 aliphatic carbocycles. The Hall–Kier alpha value is -2.28. The van der Waals surface area contributed by atoms with E-state index in [4.69, 9.17) is 0 Å². The highest BCUT2D eigenvalue weighted by Crippen LogP contribution is 2.34. The first-order chi connectivity index (χ1) is 12.7. The molecule has 1 heterocycles. The van der Waals surface area contributed by atoms with Crippen LogP contribution in [0.2, 0.25) is 0 Å². The SMILES string of the molecule is COC(=O)CSCCC(=O)Nc1ccnn1C1CCCc2ccccc21. The summed E-state index contributed by atoms with van der Waals surface area (Å²) in [4.78, 5) is 23.3. The molecule has 6 nitrogen and oxygen atoms in total. The predicted molar refractivity (Wildman–Crippen MR) is 102 cm³/mol. The second-order valence-electron chi connectivity index (χ2n) is 6.19. The lowest BCUT2D eigenvalue weighted by atomic mass is 9.88. The number of thioether (sulfide) groups is 1. The average Bonchev–Trinajstić information content (AvgIpc) is 3.12. The van der Waals surface area contributed by atoms with Crippen molar-refractivity contribution in [1.29, 1.82) is 0 Å². The number of fused-ring (bicyclic) bond motifs is 1. The summed E-state index contributed by atoms with van der Waals surface area (Å²) in [6, 6.07) is 10.4. The Morgan fingerprint density at radius 2 is 2.19 bits per heavy atom. The van der Waals surface area contributed by atoms with Crippen LogP contribution in [0.25, 0.3) is 0 Å². The summed E-state index contributed by atoms with van der Waals surface area (Å²) in [6.07, 6.45) is 5.27. The van der Waals surface area contributed by atoms with Crippen LogP contribution in [0.4, 0.5) is 5.82 Å². The monoisotopic (exact) mass is 373 g/mol. The smallest absolute Gasteiger partial charge is 0.315 e. The van der Waals surface area contributed by atoms with Gasteiger partial charge >= 0.3 is 5.97 Å². The molecule has 1 unspecified atom stereocenters. The van der Waals surface area contributed by atoms with Crippen LogP contribution >= 0.6 is 11.8 Å². The van der Waals surface area contributed by atoms with Gasteiger partial charge in [-0.15, -0.1) is 11.8 Å². The van der Waals surface area contributed by atoms with Gasteiger partial charge in [-0.2, -0.15) is 5.10 Å². The number of aryl methyl sites for hydroxylation is 1. The van der Waals surface area contributed by atoms with Gasteiger partial charge in [0.1, 0.15) is 5.82 Å². The molecule has 0 saturated carbocycles. The quantitative estimate of drug-likeness (QED) is 0.596. The van der Waals surface area contributed by atoms with Gasteiger partial charge in [0.2, 0.25) is 5.91 Å². The van der Waals surface area contributed by atoms with Crippen molar-refractivity contribution in [2.24, 2.45) is 0 Å². The topological polar surface area (TPSA) is 73.2 Å². The molecular formula is C19H23N3O3S. The normalized spacial score (nSPS) is 16.0. The van der Waals surface area contributed by atoms with Gasteiger partial charge in [-0.3, -0.25) is 9.59 Å². The van der Waals surface area contributed by atoms with Crippen LogP contribution in [0.1, 0.15) is 36.4 Å². The van der Waals surface area contributed by atoms with Crippen molar-refractivity contribution in [2.45, 2.75) is 31.7 Å². The van der Waals surface area contributed by atoms with Crippen molar-refractivity contribution in [1.82, 2.24) is 9.78 Å². The Morgan fingerprint density at radius 1 is 1.35 bits per heavy atom. The Labute approximate surface area is 157 Å². The number of nitrogens with one attached hydrogen (secondary N) is 1. The van der Waals surface area contributed by atoms with E-state index >= 15 is 0 Å². The fourth-order valence-corrected chi connectivity index (χ4v) is 3.99. The van der Waals surface area contributed by atoms with Crippen LogP contribution in [0.15, 0.2) is 36.5 Å². The molecule has 1 aromatic carbocycles. The summed E-state index contributed by atoms with van der Waals surface area (Å²) >= 11 is 1.39. The highest BCUT2D eigenvalue weighted by molar-refractivity contribution is 7.99. The molecule has 2 aromatic rings. The van der Waals surface area contributed by atoms with Gasteiger partial charge in [-0.25, -0.2) is 4.68 Å². The van der Waals surface area contributed by atoms with Gasteiger partial charge in [0.15, 0.2) is 0 Å². The first-order valence-electron chi connectivity index (χ1n) is 8.74. The van der Waals surface area contributed by atoms with Crippen LogP contribution in [-0.2, 0) is 20.7 Å². The maximum Gasteiger partial charge on any atom is 0.315 e. The third kappa shape index (κ3) is 4.46. The molecule has 7 heteroatoms. The molecule has 1 N–H and O–H groups in total. The number of rotatable bonds is 7. The highest BCUT2D eigenvalue weighted by atomic mass is 32.2. The Morgan fingerprint density at radius 3 is 3.04 bits per heavy atom. The second-order valence-corrected chi connectivity index (χ2v) is 7.30. The van der Waals surface area contributed by atoms with Crippen LogP contribution in [0.3, 0.4) is 0 Å². The summed E-state index contributed by atoms with van der Waals surface area (Å²) in [5.74, 6) is 1.20. The number of anilines is 1. The lowest BCUT2D eigenvalue weighted by Gasteiger charge is -2.27. The van der Waals surface area contributed by atoms with Crippen molar-refractivity contribution in [2.75, 3.05) is 23.9 Å². The third-order valence-electron chi connectivity index (χ3n) is 4.49. The molecule has 0 bridgehead atoms. The Kier molecular flexibility index (Phi) is 6.33. The maximum atomic E-state index is 12.2. The number of aromatic nitrogens is 2. The standard InChI is InChI=1S/C19H23N3O3S/c1-25-19(24)13-26-12-10-18(23)21-17-9-11-20-22(17)16-8-4-6-14-5-2-3-7-15(14)16/h2-3,5,7,9,11,16H,4,6,8,10,12-13H2,1H3,(H,21,23). The van der Waals surface area contributed by atoms with E-state index in [-0.39, 0.29) is 23.7 Å². The van der Waals surface area contributed by atoms with E-state index in [2.05, 4.69) is 39.4 Å². The number of carbonyl (C=O) groups is 2. The van der Waals surface area contributed by atoms with Crippen molar-refractivity contribution in [3.63, 3.8) is 0 Å². The zero-order valence-electron chi connectivity index (χ0n) is 14.8. The lowest BCUT2D eigenvalue weighted by Crippen LogP contribution is -2.22. The first kappa shape index (κ1) is 18.5. The van der Waals surface area contributed by atoms with E-state index in [0.29, 0.717) is 12.2 Å². The van der Waals surface area contributed by atoms with Gasteiger partial charge in [-0.05, 0) is 30.4 Å². The van der Waals surface area contributed by atoms with E-state index in [9.17, 15) is 9.59 Å². The van der Waals surface area contributed by atoms with Gasteiger partial charge in [0, 0.05) is 18.2 Å². The molecule has 26 heavy (non-hydrogen) atoms. The number of esters is 1. The second kappa shape index (κ2) is 8.89. The average molecular weight is 373 g/mol. The number of hydrogen-bond acceptors (Lipinski definition) is 5. The number of amides is 1. The fourth-order valence-electron chi connectivity index (χ4n) is 3.23. The van der Waals surface area contributed by atoms with Gasteiger partial charge in [0.05, 0.1) is 25.1 Å². The summed E-state index contributed by atoms with van der Waals surface area (Å²) < 4.78 is 6.50. The lowest BCUT2D eigenvalue weighted by molar-refractivity contribution is -0.137. The van der Waals surface area contributed by atoms with Gasteiger partial charge in [0.25, 0.3) is 0 Å². The van der Waals surface area contributed by atoms with Crippen molar-refractivity contribution in [3.8, 4) is 0 Å². The molecule has 0 radical (unpaired) electrons. The minimum Gasteiger partial charge on any atom is -0.468 e. The summed E-state index contributed by atoms with van der Waals surface area (Å²) in [5.41, 5.74) is 2.64. The third-order valence-corrected chi connectivity index (χ3v) is 5.42. The van der Waals surface area contributed by atoms with Gasteiger partial charge < -0.3 is 10.1 Å². The van der Waals surface area contributed by atoms with E-state index in [1.807, 2.05) is 10.7 Å². The predicted octanol–water partition coefficient (Wildman–Crippen LogP) is 3.04. The van der Waals surface area contributed by atoms with E-state index in [1.54, 1.807) is 6.20 Å². The molecule has 0 spiro atoms. The zero-order chi connectivity index (χ0) is 18.4. The highest BCUT2D eigenvalue weighted by Gasteiger charge is 2.24. The van der Waals surface area contributed by atoms with Crippen molar-refractivity contribution >= 4 is 29.5 Å². The molecule has 0 saturated heterocycles. The van der Waals surface area contributed by atoms with Crippen molar-refractivity contribution in [3.05, 3.63) is 47.7 Å². The van der Waals surface area contributed by atoms with Crippen LogP contribution < -0.4 is 5.32 Å². The molecule has 0 aliphatic heterocycles. The van der Waals surface area contributed by atoms with Crippen LogP contribution in [0.5, 0.6) is 0 Å². The molecule has 0 fully saturated rings. The largest absolute Gasteiger partial charge is 0.468 e. The number of nitrogens with zero attached hydrogens (tertiary/aromatic N) is 2. The summed E-state index contributed by atoms with van der Waals surface area (Å²) in [5, 5.41) is 7.41. The molecule has 1 aromatic heterocycles. The molecule has 1 atom stereocenters. The number of benzene rings is 1. The molecular weight excluding hydrogens is 350 g/mol. The Bertz CT molecular complexity index is 775. The van der Waals surface area contributed by atoms with Crippen LogP contribution in [-0.4, -0.2) is 40.3 Å². The minimum atomic E-state index is -0.274. The van der Waals surface area contributed by atoms with Gasteiger partial charge in [-0.1, -0.05) is 24.3 Å². The first-order valence-corrected chi connectivity index (χ1v) is 9.90. The zero-order valence-corrected chi connectivity index (χ0v) is 15.6. The number of hydrogen-bond donors (Lipinski definition) is 1. The van der Waals surface area contributed by atoms with Crippen LogP contribution in [0, 0.1) is 0 Å². The molecule has 3 rings (SSSR count). The van der Waals surface area contributed by atoms with E-state index in [0.717, 1.165) is 25.1 Å². The molecule has 1 amide bonds. The number of carbonyl (C=O) groups excluding carboxylic acids is 2.